The Morgan fingerprint density at radius 2 is 1.33 bits per heavy atom. The van der Waals surface area contributed by atoms with E-state index in [1.54, 1.807) is 20.8 Å². The van der Waals surface area contributed by atoms with E-state index in [4.69, 9.17) is 28.9 Å². The Morgan fingerprint density at radius 3 is 1.87 bits per heavy atom. The number of carbonyl (C=O) groups is 1. The number of esters is 1. The maximum absolute atomic E-state index is 13.5. The number of aromatic nitrogens is 6. The lowest BCUT2D eigenvalue weighted by atomic mass is 9.77. The van der Waals surface area contributed by atoms with E-state index in [1.807, 2.05) is 101 Å². The molecule has 0 radical (unpaired) electrons. The van der Waals surface area contributed by atoms with Crippen LogP contribution in [-0.2, 0) is 35.4 Å². The Balaban J connectivity index is 1.17. The van der Waals surface area contributed by atoms with Crippen LogP contribution >= 0.6 is 0 Å². The van der Waals surface area contributed by atoms with Gasteiger partial charge in [0.15, 0.2) is 29.6 Å². The van der Waals surface area contributed by atoms with Gasteiger partial charge in [-0.1, -0.05) is 146 Å². The number of aryl methyl sites for hydroxylation is 2. The van der Waals surface area contributed by atoms with Crippen LogP contribution in [0.3, 0.4) is 0 Å². The summed E-state index contributed by atoms with van der Waals surface area (Å²) < 4.78 is 19.2. The van der Waals surface area contributed by atoms with Crippen LogP contribution in [-0.4, -0.2) is 40.8 Å². The summed E-state index contributed by atoms with van der Waals surface area (Å²) in [4.78, 5) is 29.7. The van der Waals surface area contributed by atoms with Gasteiger partial charge in [0, 0.05) is 18.5 Å². The molecule has 0 aliphatic carbocycles. The van der Waals surface area contributed by atoms with Crippen LogP contribution in [0.25, 0.3) is 22.5 Å². The normalized spacial score (nSPS) is 11.8. The highest BCUT2D eigenvalue weighted by atomic mass is 16.6. The first-order valence-electron chi connectivity index (χ1n) is 19.8. The fraction of sp³-hybridized carbons (Fsp3) is 0.208. The Kier molecular flexibility index (Phi) is 11.0. The zero-order valence-corrected chi connectivity index (χ0v) is 33.8. The third-order valence-corrected chi connectivity index (χ3v) is 10.6. The number of aliphatic hydroxyl groups is 1. The van der Waals surface area contributed by atoms with E-state index in [9.17, 15) is 14.7 Å². The van der Waals surface area contributed by atoms with Crippen LogP contribution in [0.2, 0.25) is 0 Å². The van der Waals surface area contributed by atoms with Crippen molar-refractivity contribution in [1.29, 1.82) is 0 Å². The molecule has 0 atom stereocenters. The van der Waals surface area contributed by atoms with Gasteiger partial charge < -0.3 is 23.2 Å². The molecule has 0 unspecified atom stereocenters. The van der Waals surface area contributed by atoms with E-state index >= 15 is 0 Å². The fourth-order valence-corrected chi connectivity index (χ4v) is 7.94. The highest BCUT2D eigenvalue weighted by Crippen LogP contribution is 2.43. The van der Waals surface area contributed by atoms with Gasteiger partial charge in [0.2, 0.25) is 0 Å². The van der Waals surface area contributed by atoms with E-state index < -0.39 is 22.9 Å². The molecule has 1 N–H and O–H groups in total. The van der Waals surface area contributed by atoms with Gasteiger partial charge in [-0.15, -0.1) is 5.10 Å². The van der Waals surface area contributed by atoms with Gasteiger partial charge in [-0.2, -0.15) is 0 Å². The summed E-state index contributed by atoms with van der Waals surface area (Å²) in [7, 11) is 0. The predicted molar refractivity (Wildman–Crippen MR) is 225 cm³/mol. The molecule has 8 rings (SSSR count). The van der Waals surface area contributed by atoms with Gasteiger partial charge in [-0.25, -0.2) is 19.3 Å². The molecule has 0 fully saturated rings. The minimum atomic E-state index is -1.46. The van der Waals surface area contributed by atoms with Gasteiger partial charge in [0.05, 0.1) is 5.69 Å². The lowest BCUT2D eigenvalue weighted by Gasteiger charge is -2.36. The third kappa shape index (κ3) is 7.48. The highest BCUT2D eigenvalue weighted by molar-refractivity contribution is 5.89. The van der Waals surface area contributed by atoms with Crippen LogP contribution < -0.4 is 5.82 Å². The molecule has 5 aromatic carbocycles. The molecule has 302 valence electrons. The lowest BCUT2D eigenvalue weighted by Crippen LogP contribution is -2.39. The SMILES string of the molecule is CCCc1nc(C(=O)OCc2oc(=O)oc2C)c(C(C)(C)O)n1Cc1ccc(-c2ccccc2-c2nnnn2C(c2ccccc2)(c2ccccc2)c2ccccc2)cc1. The van der Waals surface area contributed by atoms with Crippen LogP contribution in [0.15, 0.2) is 153 Å². The summed E-state index contributed by atoms with van der Waals surface area (Å²) in [5.41, 5.74) is 4.60. The standard InChI is InChI=1S/C48H44N6O6/c1-5-17-41-49-42(45(55)58-31-40-32(2)59-46(56)60-40)43(47(3,4)57)53(41)30-33-26-28-34(29-27-33)38-24-15-16-25-39(38)44-50-51-52-54(44)48(35-18-9-6-10-19-35,36-20-11-7-12-21-36)37-22-13-8-14-23-37/h6-16,18-29,57H,5,17,30-31H2,1-4H3. The van der Waals surface area contributed by atoms with Gasteiger partial charge in [-0.05, 0) is 71.0 Å². The van der Waals surface area contributed by atoms with Crippen molar-refractivity contribution in [1.82, 2.24) is 29.8 Å². The minimum absolute atomic E-state index is 0.00435. The van der Waals surface area contributed by atoms with E-state index in [2.05, 4.69) is 59.8 Å². The smallest absolute Gasteiger partial charge is 0.453 e. The van der Waals surface area contributed by atoms with E-state index in [0.717, 1.165) is 45.4 Å². The van der Waals surface area contributed by atoms with Gasteiger partial charge in [-0.3, -0.25) is 0 Å². The van der Waals surface area contributed by atoms with Crippen LogP contribution in [0, 0.1) is 6.92 Å². The molecule has 0 amide bonds. The summed E-state index contributed by atoms with van der Waals surface area (Å²) >= 11 is 0. The van der Waals surface area contributed by atoms with E-state index in [-0.39, 0.29) is 23.8 Å². The Bertz CT molecular complexity index is 2690. The summed E-state index contributed by atoms with van der Waals surface area (Å²) in [5, 5.41) is 25.2. The summed E-state index contributed by atoms with van der Waals surface area (Å²) in [5.74, 6) is -0.0852. The van der Waals surface area contributed by atoms with Gasteiger partial charge in [0.1, 0.15) is 17.0 Å². The summed E-state index contributed by atoms with van der Waals surface area (Å²) in [6, 6.07) is 47.2. The van der Waals surface area contributed by atoms with Crippen molar-refractivity contribution >= 4 is 5.97 Å². The molecule has 0 aliphatic rings. The molecule has 0 saturated heterocycles. The number of nitrogens with zero attached hydrogens (tertiary/aromatic N) is 6. The first kappa shape index (κ1) is 39.6. The number of carbonyl (C=O) groups excluding carboxylic acids is 1. The van der Waals surface area contributed by atoms with Crippen molar-refractivity contribution < 1.29 is 23.5 Å². The Labute approximate surface area is 346 Å². The molecule has 0 aliphatic heterocycles. The average molecular weight is 801 g/mol. The van der Waals surface area contributed by atoms with Gasteiger partial charge >= 0.3 is 11.8 Å². The molecule has 12 heteroatoms. The molecule has 12 nitrogen and oxygen atoms in total. The molecule has 3 heterocycles. The number of imidazole rings is 1. The number of tetrazole rings is 1. The molecule has 0 spiro atoms. The molecule has 0 saturated carbocycles. The van der Waals surface area contributed by atoms with Crippen molar-refractivity contribution in [3.05, 3.63) is 201 Å². The Morgan fingerprint density at radius 1 is 0.767 bits per heavy atom. The lowest BCUT2D eigenvalue weighted by molar-refractivity contribution is 0.0396. The molecular formula is C48H44N6O6. The van der Waals surface area contributed by atoms with E-state index in [1.165, 1.54) is 0 Å². The van der Waals surface area contributed by atoms with Crippen molar-refractivity contribution in [2.24, 2.45) is 0 Å². The largest absolute Gasteiger partial charge is 0.519 e. The second-order valence-electron chi connectivity index (χ2n) is 15.1. The molecule has 60 heavy (non-hydrogen) atoms. The molecule has 8 aromatic rings. The predicted octanol–water partition coefficient (Wildman–Crippen LogP) is 8.48. The highest BCUT2D eigenvalue weighted by Gasteiger charge is 2.42. The maximum atomic E-state index is 13.5. The minimum Gasteiger partial charge on any atom is -0.453 e. The second kappa shape index (κ2) is 16.6. The number of rotatable bonds is 14. The molecular weight excluding hydrogens is 757 g/mol. The maximum Gasteiger partial charge on any atom is 0.519 e. The zero-order valence-electron chi connectivity index (χ0n) is 33.8. The second-order valence-corrected chi connectivity index (χ2v) is 15.1. The van der Waals surface area contributed by atoms with Crippen molar-refractivity contribution in [3.63, 3.8) is 0 Å². The topological polar surface area (TPSA) is 151 Å². The third-order valence-electron chi connectivity index (χ3n) is 10.6. The first-order chi connectivity index (χ1) is 29.1. The van der Waals surface area contributed by atoms with Crippen molar-refractivity contribution in [3.8, 4) is 22.5 Å². The van der Waals surface area contributed by atoms with Gasteiger partial charge in [0.25, 0.3) is 0 Å². The molecule has 0 bridgehead atoms. The summed E-state index contributed by atoms with van der Waals surface area (Å²) in [6.45, 7) is 6.81. The van der Waals surface area contributed by atoms with Crippen LogP contribution in [0.5, 0.6) is 0 Å². The van der Waals surface area contributed by atoms with Crippen LogP contribution in [0.1, 0.15) is 83.0 Å². The quantitative estimate of drug-likeness (QED) is 0.0838. The fourth-order valence-electron chi connectivity index (χ4n) is 7.94. The average Bonchev–Trinajstić information content (AvgIpc) is 3.99. The van der Waals surface area contributed by atoms with E-state index in [0.29, 0.717) is 30.3 Å². The number of hydrogen-bond donors (Lipinski definition) is 1. The summed E-state index contributed by atoms with van der Waals surface area (Å²) in [6.07, 6.45) is 1.31. The molecule has 3 aromatic heterocycles. The number of ether oxygens (including phenoxy) is 1. The monoisotopic (exact) mass is 800 g/mol. The van der Waals surface area contributed by atoms with Crippen molar-refractivity contribution in [2.45, 2.75) is 64.8 Å². The number of benzene rings is 5. The first-order valence-corrected chi connectivity index (χ1v) is 19.8. The Hall–Kier alpha value is -7.18. The van der Waals surface area contributed by atoms with Crippen molar-refractivity contribution in [2.75, 3.05) is 0 Å². The number of hydrogen-bond acceptors (Lipinski definition) is 10. The van der Waals surface area contributed by atoms with Crippen LogP contribution in [0.4, 0.5) is 0 Å². The zero-order chi connectivity index (χ0) is 41.9.